The molecule has 3 rings (SSSR count). The highest BCUT2D eigenvalue weighted by molar-refractivity contribution is 5.93. The third-order valence-corrected chi connectivity index (χ3v) is 4.19. The number of pyridine rings is 1. The van der Waals surface area contributed by atoms with Gasteiger partial charge in [0.2, 0.25) is 5.89 Å². The molecule has 7 nitrogen and oxygen atoms in total. The summed E-state index contributed by atoms with van der Waals surface area (Å²) in [5.41, 5.74) is 2.13. The third kappa shape index (κ3) is 6.00. The Labute approximate surface area is 178 Å². The van der Waals surface area contributed by atoms with E-state index in [9.17, 15) is 13.6 Å². The second-order valence-electron chi connectivity index (χ2n) is 7.24. The molecule has 0 saturated carbocycles. The summed E-state index contributed by atoms with van der Waals surface area (Å²) in [4.78, 5) is 20.7. The van der Waals surface area contributed by atoms with Gasteiger partial charge in [-0.25, -0.2) is 4.98 Å². The van der Waals surface area contributed by atoms with Crippen LogP contribution in [0.3, 0.4) is 0 Å². The lowest BCUT2D eigenvalue weighted by Gasteiger charge is -2.14. The number of carbonyl (C=O) groups is 1. The lowest BCUT2D eigenvalue weighted by molar-refractivity contribution is -0.0515. The average molecular weight is 431 g/mol. The topological polar surface area (TPSA) is 86.5 Å². The Hall–Kier alpha value is -3.49. The van der Waals surface area contributed by atoms with E-state index in [4.69, 9.17) is 9.15 Å². The minimum absolute atomic E-state index is 0.0656. The molecule has 1 N–H and O–H groups in total. The van der Waals surface area contributed by atoms with Crippen molar-refractivity contribution in [3.63, 3.8) is 0 Å². The van der Waals surface area contributed by atoms with E-state index >= 15 is 0 Å². The van der Waals surface area contributed by atoms with Crippen LogP contribution in [0.25, 0.3) is 11.5 Å². The SMILES string of the molecule is Cc1cccnc1C(=O)NCc1coc(-c2ccc(OC(F)F)c(OCC(C)C)c2)n1. The summed E-state index contributed by atoms with van der Waals surface area (Å²) in [6.07, 6.45) is 2.97. The molecule has 0 unspecified atom stereocenters. The fourth-order valence-electron chi connectivity index (χ4n) is 2.70. The molecule has 0 saturated heterocycles. The van der Waals surface area contributed by atoms with E-state index in [1.165, 1.54) is 18.4 Å². The maximum absolute atomic E-state index is 12.7. The van der Waals surface area contributed by atoms with E-state index in [0.717, 1.165) is 5.56 Å². The Morgan fingerprint density at radius 1 is 1.23 bits per heavy atom. The van der Waals surface area contributed by atoms with Gasteiger partial charge < -0.3 is 19.2 Å². The van der Waals surface area contributed by atoms with Crippen LogP contribution < -0.4 is 14.8 Å². The zero-order chi connectivity index (χ0) is 22.4. The number of nitrogens with zero attached hydrogens (tertiary/aromatic N) is 2. The van der Waals surface area contributed by atoms with Crippen molar-refractivity contribution < 1.29 is 27.5 Å². The molecule has 31 heavy (non-hydrogen) atoms. The third-order valence-electron chi connectivity index (χ3n) is 4.19. The van der Waals surface area contributed by atoms with E-state index in [1.807, 2.05) is 13.8 Å². The molecule has 0 aliphatic carbocycles. The lowest BCUT2D eigenvalue weighted by Crippen LogP contribution is -2.24. The highest BCUT2D eigenvalue weighted by Gasteiger charge is 2.16. The number of amides is 1. The van der Waals surface area contributed by atoms with Crippen LogP contribution in [0.2, 0.25) is 0 Å². The highest BCUT2D eigenvalue weighted by atomic mass is 19.3. The summed E-state index contributed by atoms with van der Waals surface area (Å²) >= 11 is 0. The predicted octanol–water partition coefficient (Wildman–Crippen LogP) is 4.61. The Kier molecular flexibility index (Phi) is 7.17. The molecular formula is C22H23F2N3O4. The van der Waals surface area contributed by atoms with Gasteiger partial charge in [-0.15, -0.1) is 0 Å². The number of halogens is 2. The van der Waals surface area contributed by atoms with Crippen molar-refractivity contribution in [3.8, 4) is 23.0 Å². The number of nitrogens with one attached hydrogen (secondary N) is 1. The predicted molar refractivity (Wildman–Crippen MR) is 109 cm³/mol. The van der Waals surface area contributed by atoms with Gasteiger partial charge in [-0.05, 0) is 42.7 Å². The first-order valence-electron chi connectivity index (χ1n) is 9.69. The van der Waals surface area contributed by atoms with Gasteiger partial charge in [0.25, 0.3) is 5.91 Å². The van der Waals surface area contributed by atoms with Gasteiger partial charge in [0.1, 0.15) is 12.0 Å². The molecule has 0 spiro atoms. The van der Waals surface area contributed by atoms with Crippen molar-refractivity contribution >= 4 is 5.91 Å². The van der Waals surface area contributed by atoms with Crippen molar-refractivity contribution in [2.24, 2.45) is 5.92 Å². The molecule has 9 heteroatoms. The fraction of sp³-hybridized carbons (Fsp3) is 0.318. The normalized spacial score (nSPS) is 11.1. The minimum Gasteiger partial charge on any atom is -0.489 e. The number of benzene rings is 1. The number of aryl methyl sites for hydroxylation is 1. The van der Waals surface area contributed by atoms with Crippen molar-refractivity contribution in [1.29, 1.82) is 0 Å². The summed E-state index contributed by atoms with van der Waals surface area (Å²) < 4.78 is 41.0. The first-order chi connectivity index (χ1) is 14.8. The van der Waals surface area contributed by atoms with Gasteiger partial charge in [0.05, 0.1) is 18.8 Å². The molecule has 0 radical (unpaired) electrons. The maximum Gasteiger partial charge on any atom is 0.387 e. The van der Waals surface area contributed by atoms with Crippen LogP contribution >= 0.6 is 0 Å². The van der Waals surface area contributed by atoms with Gasteiger partial charge in [-0.2, -0.15) is 8.78 Å². The number of hydrogen-bond donors (Lipinski definition) is 1. The molecule has 3 aromatic rings. The fourth-order valence-corrected chi connectivity index (χ4v) is 2.70. The summed E-state index contributed by atoms with van der Waals surface area (Å²) in [5, 5.41) is 2.74. The van der Waals surface area contributed by atoms with Crippen LogP contribution in [0.5, 0.6) is 11.5 Å². The largest absolute Gasteiger partial charge is 0.489 e. The molecule has 0 fully saturated rings. The second-order valence-corrected chi connectivity index (χ2v) is 7.24. The highest BCUT2D eigenvalue weighted by Crippen LogP contribution is 2.34. The number of rotatable bonds is 9. The lowest BCUT2D eigenvalue weighted by atomic mass is 10.2. The smallest absolute Gasteiger partial charge is 0.387 e. The molecule has 0 bridgehead atoms. The molecule has 0 aliphatic rings. The Morgan fingerprint density at radius 3 is 2.74 bits per heavy atom. The van der Waals surface area contributed by atoms with Crippen LogP contribution in [0, 0.1) is 12.8 Å². The number of aromatic nitrogens is 2. The number of hydrogen-bond acceptors (Lipinski definition) is 6. The molecule has 164 valence electrons. The van der Waals surface area contributed by atoms with E-state index in [2.05, 4.69) is 20.0 Å². The number of oxazole rings is 1. The van der Waals surface area contributed by atoms with Gasteiger partial charge in [-0.3, -0.25) is 9.78 Å². The first kappa shape index (κ1) is 22.2. The van der Waals surface area contributed by atoms with E-state index in [0.29, 0.717) is 23.6 Å². The molecule has 2 aromatic heterocycles. The van der Waals surface area contributed by atoms with Crippen LogP contribution in [-0.2, 0) is 6.54 Å². The van der Waals surface area contributed by atoms with Gasteiger partial charge in [-0.1, -0.05) is 19.9 Å². The summed E-state index contributed by atoms with van der Waals surface area (Å²) in [7, 11) is 0. The Balaban J connectivity index is 1.72. The zero-order valence-electron chi connectivity index (χ0n) is 17.4. The number of alkyl halides is 2. The summed E-state index contributed by atoms with van der Waals surface area (Å²) in [5.74, 6) is 0.244. The van der Waals surface area contributed by atoms with Crippen molar-refractivity contribution in [3.05, 3.63) is 59.7 Å². The van der Waals surface area contributed by atoms with E-state index < -0.39 is 6.61 Å². The Morgan fingerprint density at radius 2 is 2.03 bits per heavy atom. The van der Waals surface area contributed by atoms with Gasteiger partial charge in [0, 0.05) is 11.8 Å². The van der Waals surface area contributed by atoms with Crippen LogP contribution in [-0.4, -0.2) is 29.1 Å². The summed E-state index contributed by atoms with van der Waals surface area (Å²) in [6, 6.07) is 8.02. The van der Waals surface area contributed by atoms with E-state index in [-0.39, 0.29) is 35.8 Å². The van der Waals surface area contributed by atoms with Crippen molar-refractivity contribution in [2.75, 3.05) is 6.61 Å². The van der Waals surface area contributed by atoms with Gasteiger partial charge in [0.15, 0.2) is 11.5 Å². The van der Waals surface area contributed by atoms with Crippen LogP contribution in [0.4, 0.5) is 8.78 Å². The monoisotopic (exact) mass is 431 g/mol. The van der Waals surface area contributed by atoms with E-state index in [1.54, 1.807) is 31.3 Å². The average Bonchev–Trinajstić information content (AvgIpc) is 3.20. The Bertz CT molecular complexity index is 1040. The standard InChI is InChI=1S/C22H23F2N3O4/c1-13(2)11-29-18-9-15(6-7-17(18)31-22(23)24)21-27-16(12-30-21)10-26-20(28)19-14(3)5-4-8-25-19/h4-9,12-13,22H,10-11H2,1-3H3,(H,26,28). The first-order valence-corrected chi connectivity index (χ1v) is 9.69. The van der Waals surface area contributed by atoms with Crippen LogP contribution in [0.15, 0.2) is 47.2 Å². The number of ether oxygens (including phenoxy) is 2. The van der Waals surface area contributed by atoms with Crippen molar-refractivity contribution in [2.45, 2.75) is 33.9 Å². The quantitative estimate of drug-likeness (QED) is 0.532. The molecule has 0 aliphatic heterocycles. The second kappa shape index (κ2) is 10.0. The molecule has 1 aromatic carbocycles. The van der Waals surface area contributed by atoms with Crippen LogP contribution in [0.1, 0.15) is 35.6 Å². The number of carbonyl (C=O) groups excluding carboxylic acids is 1. The minimum atomic E-state index is -2.97. The molecule has 1 amide bonds. The molecule has 0 atom stereocenters. The summed E-state index contributed by atoms with van der Waals surface area (Å²) in [6.45, 7) is 3.20. The van der Waals surface area contributed by atoms with Crippen molar-refractivity contribution in [1.82, 2.24) is 15.3 Å². The molecule has 2 heterocycles. The maximum atomic E-state index is 12.7. The van der Waals surface area contributed by atoms with Gasteiger partial charge >= 0.3 is 6.61 Å². The molecular weight excluding hydrogens is 408 g/mol. The zero-order valence-corrected chi connectivity index (χ0v) is 17.4.